The van der Waals surface area contributed by atoms with Gasteiger partial charge in [-0.2, -0.15) is 5.10 Å². The third kappa shape index (κ3) is 2.85. The van der Waals surface area contributed by atoms with Crippen molar-refractivity contribution in [1.29, 1.82) is 0 Å². The summed E-state index contributed by atoms with van der Waals surface area (Å²) in [6.07, 6.45) is 0. The first kappa shape index (κ1) is 13.4. The second-order valence-corrected chi connectivity index (χ2v) is 5.54. The highest BCUT2D eigenvalue weighted by Crippen LogP contribution is 2.17. The second kappa shape index (κ2) is 5.72. The van der Waals surface area contributed by atoms with E-state index in [-0.39, 0.29) is 5.38 Å². The van der Waals surface area contributed by atoms with Crippen LogP contribution in [0.15, 0.2) is 24.3 Å². The van der Waals surface area contributed by atoms with Crippen molar-refractivity contribution in [1.82, 2.24) is 15.1 Å². The number of aromatic nitrogens is 2. The lowest BCUT2D eigenvalue weighted by Gasteiger charge is -2.13. The quantitative estimate of drug-likeness (QED) is 0.843. The Labute approximate surface area is 113 Å². The van der Waals surface area contributed by atoms with Gasteiger partial charge in [-0.15, -0.1) is 11.6 Å². The maximum Gasteiger partial charge on any atom is 0.0841 e. The lowest BCUT2D eigenvalue weighted by molar-refractivity contribution is 0.542. The Balaban J connectivity index is 2.04. The maximum atomic E-state index is 6.22. The van der Waals surface area contributed by atoms with E-state index in [1.165, 1.54) is 10.9 Å². The molecule has 98 valence electrons. The Morgan fingerprint density at radius 2 is 2.06 bits per heavy atom. The minimum Gasteiger partial charge on any atom is -0.310 e. The number of hydrogen-bond donors (Lipinski definition) is 1. The Hall–Kier alpha value is -1.06. The Morgan fingerprint density at radius 1 is 1.33 bits per heavy atom. The van der Waals surface area contributed by atoms with Crippen molar-refractivity contribution >= 4 is 22.5 Å². The van der Waals surface area contributed by atoms with Gasteiger partial charge in [0.15, 0.2) is 0 Å². The van der Waals surface area contributed by atoms with E-state index in [9.17, 15) is 0 Å². The van der Waals surface area contributed by atoms with Crippen LogP contribution in [-0.2, 0) is 13.6 Å². The molecule has 2 aromatic rings. The predicted molar refractivity (Wildman–Crippen MR) is 76.9 cm³/mol. The average Bonchev–Trinajstić information content (AvgIpc) is 2.67. The third-order valence-electron chi connectivity index (χ3n) is 3.19. The minimum atomic E-state index is 0.167. The van der Waals surface area contributed by atoms with Crippen LogP contribution in [0.5, 0.6) is 0 Å². The van der Waals surface area contributed by atoms with E-state index in [1.54, 1.807) is 0 Å². The fourth-order valence-electron chi connectivity index (χ4n) is 1.98. The normalized spacial score (nSPS) is 13.4. The van der Waals surface area contributed by atoms with Crippen LogP contribution in [0, 0.1) is 5.92 Å². The highest BCUT2D eigenvalue weighted by molar-refractivity contribution is 6.20. The van der Waals surface area contributed by atoms with Crippen molar-refractivity contribution in [3.63, 3.8) is 0 Å². The Bertz CT molecular complexity index is 519. The molecule has 0 amide bonds. The molecule has 1 N–H and O–H groups in total. The zero-order chi connectivity index (χ0) is 13.1. The smallest absolute Gasteiger partial charge is 0.0841 e. The topological polar surface area (TPSA) is 29.9 Å². The van der Waals surface area contributed by atoms with Crippen LogP contribution in [0.2, 0.25) is 0 Å². The van der Waals surface area contributed by atoms with Crippen molar-refractivity contribution in [2.24, 2.45) is 13.0 Å². The molecular weight excluding hydrogens is 246 g/mol. The number of benzene rings is 1. The number of alkyl halides is 1. The van der Waals surface area contributed by atoms with E-state index in [2.05, 4.69) is 36.4 Å². The van der Waals surface area contributed by atoms with Crippen LogP contribution in [-0.4, -0.2) is 21.7 Å². The molecule has 0 aliphatic heterocycles. The molecule has 0 saturated heterocycles. The molecule has 1 aromatic carbocycles. The lowest BCUT2D eigenvalue weighted by Crippen LogP contribution is -2.26. The number of rotatable bonds is 5. The molecular formula is C14H20ClN3. The maximum absolute atomic E-state index is 6.22. The first-order valence-corrected chi connectivity index (χ1v) is 6.78. The van der Waals surface area contributed by atoms with Crippen molar-refractivity contribution in [2.75, 3.05) is 6.54 Å². The number of nitrogens with one attached hydrogen (secondary N) is 1. The van der Waals surface area contributed by atoms with Gasteiger partial charge >= 0.3 is 0 Å². The number of nitrogens with zero attached hydrogens (tertiary/aromatic N) is 2. The summed E-state index contributed by atoms with van der Waals surface area (Å²) >= 11 is 6.22. The highest BCUT2D eigenvalue weighted by Gasteiger charge is 2.11. The van der Waals surface area contributed by atoms with E-state index in [0.717, 1.165) is 18.8 Å². The minimum absolute atomic E-state index is 0.167. The molecule has 3 nitrogen and oxygen atoms in total. The summed E-state index contributed by atoms with van der Waals surface area (Å²) in [6.45, 7) is 5.84. The number of aryl methyl sites for hydroxylation is 1. The van der Waals surface area contributed by atoms with Crippen LogP contribution in [0.25, 0.3) is 10.9 Å². The van der Waals surface area contributed by atoms with Crippen LogP contribution in [0.3, 0.4) is 0 Å². The number of fused-ring (bicyclic) bond motifs is 1. The summed E-state index contributed by atoms with van der Waals surface area (Å²) in [5, 5.41) is 9.30. The lowest BCUT2D eigenvalue weighted by atomic mass is 10.1. The molecule has 1 unspecified atom stereocenters. The molecule has 1 aromatic heterocycles. The third-order valence-corrected chi connectivity index (χ3v) is 3.85. The molecule has 4 heteroatoms. The van der Waals surface area contributed by atoms with Crippen molar-refractivity contribution in [3.8, 4) is 0 Å². The Morgan fingerprint density at radius 3 is 2.78 bits per heavy atom. The van der Waals surface area contributed by atoms with Crippen molar-refractivity contribution in [3.05, 3.63) is 30.0 Å². The predicted octanol–water partition coefficient (Wildman–Crippen LogP) is 2.93. The van der Waals surface area contributed by atoms with Gasteiger partial charge < -0.3 is 5.32 Å². The van der Waals surface area contributed by atoms with Gasteiger partial charge in [0.2, 0.25) is 0 Å². The SMILES string of the molecule is CC(C)C(Cl)CNCc1nn(C)c2ccccc12. The fourth-order valence-corrected chi connectivity index (χ4v) is 2.09. The molecule has 0 aliphatic carbocycles. The molecule has 0 fully saturated rings. The number of hydrogen-bond acceptors (Lipinski definition) is 2. The molecule has 2 rings (SSSR count). The largest absolute Gasteiger partial charge is 0.310 e. The molecule has 0 radical (unpaired) electrons. The van der Waals surface area contributed by atoms with Gasteiger partial charge in [-0.05, 0) is 12.0 Å². The molecule has 18 heavy (non-hydrogen) atoms. The van der Waals surface area contributed by atoms with E-state index in [4.69, 9.17) is 11.6 Å². The molecule has 0 bridgehead atoms. The summed E-state index contributed by atoms with van der Waals surface area (Å²) in [5.74, 6) is 0.486. The zero-order valence-corrected chi connectivity index (χ0v) is 11.9. The van der Waals surface area contributed by atoms with Gasteiger partial charge in [-0.1, -0.05) is 32.0 Å². The van der Waals surface area contributed by atoms with Gasteiger partial charge in [0.25, 0.3) is 0 Å². The van der Waals surface area contributed by atoms with Gasteiger partial charge in [-0.25, -0.2) is 0 Å². The number of para-hydroxylation sites is 1. The van der Waals surface area contributed by atoms with Crippen LogP contribution < -0.4 is 5.32 Å². The van der Waals surface area contributed by atoms with E-state index in [1.807, 2.05) is 23.9 Å². The van der Waals surface area contributed by atoms with Crippen LogP contribution in [0.4, 0.5) is 0 Å². The monoisotopic (exact) mass is 265 g/mol. The number of halogens is 1. The summed E-state index contributed by atoms with van der Waals surface area (Å²) in [5.41, 5.74) is 2.25. The molecule has 1 atom stereocenters. The molecule has 1 heterocycles. The van der Waals surface area contributed by atoms with Gasteiger partial charge in [0.1, 0.15) is 0 Å². The van der Waals surface area contributed by atoms with Gasteiger partial charge in [-0.3, -0.25) is 4.68 Å². The second-order valence-electron chi connectivity index (χ2n) is 4.98. The Kier molecular flexibility index (Phi) is 4.25. The average molecular weight is 266 g/mol. The molecule has 0 saturated carbocycles. The highest BCUT2D eigenvalue weighted by atomic mass is 35.5. The van der Waals surface area contributed by atoms with Crippen LogP contribution >= 0.6 is 11.6 Å². The fraction of sp³-hybridized carbons (Fsp3) is 0.500. The standard InChI is InChI=1S/C14H20ClN3/c1-10(2)12(15)8-16-9-13-11-6-4-5-7-14(11)18(3)17-13/h4-7,10,12,16H,8-9H2,1-3H3. The van der Waals surface area contributed by atoms with E-state index >= 15 is 0 Å². The summed E-state index contributed by atoms with van der Waals surface area (Å²) < 4.78 is 1.92. The van der Waals surface area contributed by atoms with Crippen LogP contribution in [0.1, 0.15) is 19.5 Å². The van der Waals surface area contributed by atoms with Gasteiger partial charge in [0.05, 0.1) is 11.2 Å². The summed E-state index contributed by atoms with van der Waals surface area (Å²) in [7, 11) is 1.98. The van der Waals surface area contributed by atoms with Crippen molar-refractivity contribution < 1.29 is 0 Å². The van der Waals surface area contributed by atoms with Crippen molar-refractivity contribution in [2.45, 2.75) is 25.8 Å². The first-order chi connectivity index (χ1) is 8.59. The zero-order valence-electron chi connectivity index (χ0n) is 11.2. The molecule has 0 aliphatic rings. The van der Waals surface area contributed by atoms with E-state index in [0.29, 0.717) is 5.92 Å². The first-order valence-electron chi connectivity index (χ1n) is 6.35. The van der Waals surface area contributed by atoms with E-state index < -0.39 is 0 Å². The van der Waals surface area contributed by atoms with Gasteiger partial charge in [0, 0.05) is 30.9 Å². The summed E-state index contributed by atoms with van der Waals surface area (Å²) in [6, 6.07) is 8.28. The molecule has 0 spiro atoms. The summed E-state index contributed by atoms with van der Waals surface area (Å²) in [4.78, 5) is 0.